The SMILES string of the molecule is CCOc1ccc(NC(=O)C=Nc2ccccc2[O-])cc1. The van der Waals surface area contributed by atoms with Gasteiger partial charge >= 0.3 is 0 Å². The van der Waals surface area contributed by atoms with E-state index >= 15 is 0 Å². The van der Waals surface area contributed by atoms with Crippen LogP contribution in [0.4, 0.5) is 11.4 Å². The first-order valence-electron chi connectivity index (χ1n) is 6.53. The van der Waals surface area contributed by atoms with Crippen molar-refractivity contribution in [1.29, 1.82) is 0 Å². The molecule has 108 valence electrons. The quantitative estimate of drug-likeness (QED) is 0.857. The Labute approximate surface area is 122 Å². The summed E-state index contributed by atoms with van der Waals surface area (Å²) in [5.74, 6) is 0.120. The summed E-state index contributed by atoms with van der Waals surface area (Å²) >= 11 is 0. The van der Waals surface area contributed by atoms with Crippen LogP contribution < -0.4 is 15.2 Å². The number of para-hydroxylation sites is 2. The third-order valence-electron chi connectivity index (χ3n) is 2.62. The largest absolute Gasteiger partial charge is 0.871 e. The summed E-state index contributed by atoms with van der Waals surface area (Å²) in [5.41, 5.74) is 0.865. The molecule has 0 bridgehead atoms. The van der Waals surface area contributed by atoms with E-state index in [-0.39, 0.29) is 11.4 Å². The number of carbonyl (C=O) groups excluding carboxylic acids is 1. The molecule has 0 unspecified atom stereocenters. The number of amides is 1. The van der Waals surface area contributed by atoms with Gasteiger partial charge in [-0.25, -0.2) is 0 Å². The molecule has 0 heterocycles. The lowest BCUT2D eigenvalue weighted by Gasteiger charge is -2.08. The van der Waals surface area contributed by atoms with Gasteiger partial charge in [0, 0.05) is 5.69 Å². The van der Waals surface area contributed by atoms with Crippen LogP contribution in [0.5, 0.6) is 11.5 Å². The second-order valence-corrected chi connectivity index (χ2v) is 4.17. The summed E-state index contributed by atoms with van der Waals surface area (Å²) < 4.78 is 5.31. The summed E-state index contributed by atoms with van der Waals surface area (Å²) in [6, 6.07) is 13.3. The smallest absolute Gasteiger partial charge is 0.266 e. The highest BCUT2D eigenvalue weighted by Crippen LogP contribution is 2.21. The molecule has 0 spiro atoms. The molecule has 2 aromatic rings. The number of aliphatic imine (C=N–C) groups is 1. The van der Waals surface area contributed by atoms with Gasteiger partial charge in [-0.15, -0.1) is 0 Å². The molecule has 2 aromatic carbocycles. The summed E-state index contributed by atoms with van der Waals surface area (Å²) in [6.07, 6.45) is 1.09. The zero-order valence-corrected chi connectivity index (χ0v) is 11.6. The highest BCUT2D eigenvalue weighted by Gasteiger charge is 1.99. The number of ether oxygens (including phenoxy) is 1. The first kappa shape index (κ1) is 14.6. The number of carbonyl (C=O) groups is 1. The number of hydrogen-bond acceptors (Lipinski definition) is 4. The van der Waals surface area contributed by atoms with Crippen molar-refractivity contribution in [2.75, 3.05) is 11.9 Å². The predicted molar refractivity (Wildman–Crippen MR) is 80.3 cm³/mol. The first-order valence-corrected chi connectivity index (χ1v) is 6.53. The highest BCUT2D eigenvalue weighted by atomic mass is 16.5. The van der Waals surface area contributed by atoms with E-state index in [4.69, 9.17) is 4.74 Å². The van der Waals surface area contributed by atoms with Gasteiger partial charge in [0.1, 0.15) is 5.75 Å². The van der Waals surface area contributed by atoms with Crippen molar-refractivity contribution in [1.82, 2.24) is 0 Å². The molecule has 2 rings (SSSR count). The Bertz CT molecular complexity index is 636. The Morgan fingerprint density at radius 1 is 1.24 bits per heavy atom. The minimum absolute atomic E-state index is 0.220. The van der Waals surface area contributed by atoms with E-state index in [1.165, 1.54) is 6.07 Å². The molecule has 0 fully saturated rings. The molecule has 0 aliphatic rings. The monoisotopic (exact) mass is 283 g/mol. The van der Waals surface area contributed by atoms with Crippen molar-refractivity contribution in [2.24, 2.45) is 4.99 Å². The Morgan fingerprint density at radius 3 is 2.62 bits per heavy atom. The van der Waals surface area contributed by atoms with Crippen LogP contribution in [-0.2, 0) is 4.79 Å². The van der Waals surface area contributed by atoms with E-state index < -0.39 is 5.91 Å². The average Bonchev–Trinajstić information content (AvgIpc) is 2.49. The highest BCUT2D eigenvalue weighted by molar-refractivity contribution is 6.32. The van der Waals surface area contributed by atoms with Crippen molar-refractivity contribution in [3.05, 3.63) is 48.5 Å². The summed E-state index contributed by atoms with van der Waals surface area (Å²) in [6.45, 7) is 2.49. The van der Waals surface area contributed by atoms with Crippen molar-refractivity contribution in [3.63, 3.8) is 0 Å². The fraction of sp³-hybridized carbons (Fsp3) is 0.125. The molecule has 0 saturated carbocycles. The third kappa shape index (κ3) is 4.35. The van der Waals surface area contributed by atoms with Gasteiger partial charge in [-0.05, 0) is 37.3 Å². The molecule has 0 saturated heterocycles. The molecule has 1 N–H and O–H groups in total. The fourth-order valence-electron chi connectivity index (χ4n) is 1.67. The van der Waals surface area contributed by atoms with E-state index in [9.17, 15) is 9.90 Å². The second-order valence-electron chi connectivity index (χ2n) is 4.17. The van der Waals surface area contributed by atoms with Crippen LogP contribution in [-0.4, -0.2) is 18.7 Å². The Kier molecular flexibility index (Phi) is 4.93. The van der Waals surface area contributed by atoms with Gasteiger partial charge in [-0.1, -0.05) is 23.9 Å². The van der Waals surface area contributed by atoms with Crippen LogP contribution in [0.15, 0.2) is 53.5 Å². The Balaban J connectivity index is 1.97. The normalized spacial score (nSPS) is 10.5. The van der Waals surface area contributed by atoms with Gasteiger partial charge in [-0.3, -0.25) is 9.79 Å². The van der Waals surface area contributed by atoms with Crippen molar-refractivity contribution in [3.8, 4) is 11.5 Å². The van der Waals surface area contributed by atoms with Crippen LogP contribution in [0.1, 0.15) is 6.92 Å². The molecule has 21 heavy (non-hydrogen) atoms. The van der Waals surface area contributed by atoms with Gasteiger partial charge in [-0.2, -0.15) is 0 Å². The lowest BCUT2D eigenvalue weighted by molar-refractivity contribution is -0.267. The molecule has 5 heteroatoms. The molecular formula is C16H15N2O3-. The van der Waals surface area contributed by atoms with Crippen LogP contribution in [0, 0.1) is 0 Å². The summed E-state index contributed by atoms with van der Waals surface area (Å²) in [4.78, 5) is 15.6. The maximum absolute atomic E-state index is 11.7. The number of hydrogen-bond donors (Lipinski definition) is 1. The Morgan fingerprint density at radius 2 is 1.95 bits per heavy atom. The van der Waals surface area contributed by atoms with Gasteiger partial charge in [0.2, 0.25) is 0 Å². The van der Waals surface area contributed by atoms with E-state index in [0.29, 0.717) is 12.3 Å². The van der Waals surface area contributed by atoms with Crippen LogP contribution >= 0.6 is 0 Å². The molecule has 0 aliphatic carbocycles. The maximum Gasteiger partial charge on any atom is 0.266 e. The predicted octanol–water partition coefficient (Wildman–Crippen LogP) is 2.50. The number of nitrogens with one attached hydrogen (secondary N) is 1. The van der Waals surface area contributed by atoms with Crippen molar-refractivity contribution >= 4 is 23.5 Å². The molecule has 1 amide bonds. The number of nitrogens with zero attached hydrogens (tertiary/aromatic N) is 1. The number of anilines is 1. The zero-order valence-electron chi connectivity index (χ0n) is 11.6. The van der Waals surface area contributed by atoms with Crippen LogP contribution in [0.2, 0.25) is 0 Å². The van der Waals surface area contributed by atoms with Crippen LogP contribution in [0.25, 0.3) is 0 Å². The van der Waals surface area contributed by atoms with Gasteiger partial charge in [0.25, 0.3) is 5.91 Å². The van der Waals surface area contributed by atoms with Crippen molar-refractivity contribution < 1.29 is 14.6 Å². The fourth-order valence-corrected chi connectivity index (χ4v) is 1.67. The van der Waals surface area contributed by atoms with Gasteiger partial charge < -0.3 is 15.2 Å². The number of rotatable bonds is 5. The third-order valence-corrected chi connectivity index (χ3v) is 2.62. The first-order chi connectivity index (χ1) is 10.2. The summed E-state index contributed by atoms with van der Waals surface area (Å²) in [7, 11) is 0. The molecule has 0 aliphatic heterocycles. The van der Waals surface area contributed by atoms with E-state index in [1.54, 1.807) is 42.5 Å². The topological polar surface area (TPSA) is 73.8 Å². The Hall–Kier alpha value is -2.82. The second kappa shape index (κ2) is 7.09. The average molecular weight is 283 g/mol. The van der Waals surface area contributed by atoms with E-state index in [0.717, 1.165) is 12.0 Å². The van der Waals surface area contributed by atoms with Gasteiger partial charge in [0.15, 0.2) is 0 Å². The molecule has 0 atom stereocenters. The van der Waals surface area contributed by atoms with E-state index in [1.807, 2.05) is 6.92 Å². The maximum atomic E-state index is 11.7. The molecule has 0 aromatic heterocycles. The van der Waals surface area contributed by atoms with E-state index in [2.05, 4.69) is 10.3 Å². The van der Waals surface area contributed by atoms with Gasteiger partial charge in [0.05, 0.1) is 18.5 Å². The lowest BCUT2D eigenvalue weighted by Crippen LogP contribution is -2.12. The minimum Gasteiger partial charge on any atom is -0.871 e. The summed E-state index contributed by atoms with van der Waals surface area (Å²) in [5, 5.41) is 14.1. The van der Waals surface area contributed by atoms with Crippen LogP contribution in [0.3, 0.4) is 0 Å². The molecule has 5 nitrogen and oxygen atoms in total. The number of benzene rings is 2. The molecular weight excluding hydrogens is 268 g/mol. The molecule has 0 radical (unpaired) electrons. The lowest BCUT2D eigenvalue weighted by atomic mass is 10.3. The standard InChI is InChI=1S/C16H16N2O3/c1-2-21-13-9-7-12(8-10-13)18-16(20)11-17-14-5-3-4-6-15(14)19/h3-11,19H,2H2,1H3,(H,18,20)/p-1. The zero-order chi connectivity index (χ0) is 15.1. The minimum atomic E-state index is -0.401. The van der Waals surface area contributed by atoms with Crippen molar-refractivity contribution in [2.45, 2.75) is 6.92 Å².